The normalized spacial score (nSPS) is 12.0. The Bertz CT molecular complexity index is 1690. The summed E-state index contributed by atoms with van der Waals surface area (Å²) >= 11 is 0. The SMILES string of the molecule is C=CC.C=CC.C=CC.Cc1ccc(C(N=C(N)c2ccc3ccccc3c2)=NCC2=CCC=c3ccccc3=C2)cc1. The Morgan fingerprint density at radius 2 is 1.28 bits per heavy atom. The van der Waals surface area contributed by atoms with E-state index in [9.17, 15) is 0 Å². The maximum atomic E-state index is 6.49. The molecule has 3 heteroatoms. The number of rotatable bonds is 4. The lowest BCUT2D eigenvalue weighted by atomic mass is 10.1. The predicted octanol–water partition coefficient (Wildman–Crippen LogP) is 8.47. The number of hydrogen-bond acceptors (Lipinski definition) is 1. The number of benzene rings is 4. The van der Waals surface area contributed by atoms with E-state index in [-0.39, 0.29) is 0 Å². The van der Waals surface area contributed by atoms with Crippen LogP contribution in [0.25, 0.3) is 22.9 Å². The number of nitrogens with zero attached hydrogens (tertiary/aromatic N) is 2. The molecule has 1 aliphatic rings. The molecule has 0 atom stereocenters. The fourth-order valence-electron chi connectivity index (χ4n) is 4.12. The molecular formula is C40H45N3. The van der Waals surface area contributed by atoms with E-state index < -0.39 is 0 Å². The van der Waals surface area contributed by atoms with Gasteiger partial charge in [-0.2, -0.15) is 0 Å². The molecule has 0 unspecified atom stereocenters. The van der Waals surface area contributed by atoms with Crippen LogP contribution in [-0.2, 0) is 0 Å². The van der Waals surface area contributed by atoms with Gasteiger partial charge in [-0.15, -0.1) is 19.7 Å². The lowest BCUT2D eigenvalue weighted by Gasteiger charge is -2.07. The zero-order chi connectivity index (χ0) is 31.5. The van der Waals surface area contributed by atoms with Crippen LogP contribution in [0.1, 0.15) is 43.9 Å². The third-order valence-electron chi connectivity index (χ3n) is 6.05. The zero-order valence-electron chi connectivity index (χ0n) is 26.1. The van der Waals surface area contributed by atoms with Gasteiger partial charge in [0.25, 0.3) is 0 Å². The third kappa shape index (κ3) is 11.4. The monoisotopic (exact) mass is 567 g/mol. The fraction of sp³-hybridized carbons (Fsp3) is 0.150. The van der Waals surface area contributed by atoms with Gasteiger partial charge in [0, 0.05) is 11.1 Å². The van der Waals surface area contributed by atoms with Crippen molar-refractivity contribution in [1.29, 1.82) is 0 Å². The Labute approximate surface area is 258 Å². The van der Waals surface area contributed by atoms with Gasteiger partial charge in [0.1, 0.15) is 5.84 Å². The van der Waals surface area contributed by atoms with Gasteiger partial charge in [0.05, 0.1) is 6.54 Å². The van der Waals surface area contributed by atoms with Crippen LogP contribution in [0.4, 0.5) is 0 Å². The molecule has 43 heavy (non-hydrogen) atoms. The first-order chi connectivity index (χ1) is 20.9. The standard InChI is InChI=1S/C31H27N3.3C3H6/c1-22-13-15-26(16-14-22)31(33-21-23-7-6-12-24-8-2-4-10-27(24)19-23)34-30(32)29-18-17-25-9-3-5-11-28(25)20-29;3*1-3-2/h2-5,7-20H,6,21H2,1H3,(H2,32,33,34);3*3H,1H2,2H3. The molecule has 3 nitrogen and oxygen atoms in total. The van der Waals surface area contributed by atoms with Crippen molar-refractivity contribution in [3.63, 3.8) is 0 Å². The summed E-state index contributed by atoms with van der Waals surface area (Å²) in [6, 6.07) is 31.1. The van der Waals surface area contributed by atoms with E-state index in [0.29, 0.717) is 18.2 Å². The Morgan fingerprint density at radius 1 is 0.721 bits per heavy atom. The third-order valence-corrected chi connectivity index (χ3v) is 6.05. The number of fused-ring (bicyclic) bond motifs is 2. The minimum absolute atomic E-state index is 0.461. The minimum atomic E-state index is 0.461. The molecule has 4 aromatic rings. The molecule has 1 aliphatic carbocycles. The second-order valence-electron chi connectivity index (χ2n) is 9.78. The summed E-state index contributed by atoms with van der Waals surface area (Å²) in [6.45, 7) is 18.4. The highest BCUT2D eigenvalue weighted by molar-refractivity contribution is 6.11. The molecule has 220 valence electrons. The van der Waals surface area contributed by atoms with Crippen molar-refractivity contribution < 1.29 is 0 Å². The summed E-state index contributed by atoms with van der Waals surface area (Å²) in [5.41, 5.74) is 10.7. The summed E-state index contributed by atoms with van der Waals surface area (Å²) in [6.07, 6.45) is 12.8. The summed E-state index contributed by atoms with van der Waals surface area (Å²) in [4.78, 5) is 9.73. The molecule has 5 rings (SSSR count). The number of hydrogen-bond donors (Lipinski definition) is 1. The molecule has 0 bridgehead atoms. The fourth-order valence-corrected chi connectivity index (χ4v) is 4.12. The highest BCUT2D eigenvalue weighted by Crippen LogP contribution is 2.16. The van der Waals surface area contributed by atoms with Gasteiger partial charge >= 0.3 is 0 Å². The maximum Gasteiger partial charge on any atom is 0.157 e. The number of nitrogens with two attached hydrogens (primary N) is 1. The van der Waals surface area contributed by atoms with Gasteiger partial charge in [0.15, 0.2) is 5.84 Å². The molecule has 0 radical (unpaired) electrons. The van der Waals surface area contributed by atoms with Crippen LogP contribution in [-0.4, -0.2) is 18.2 Å². The second kappa shape index (κ2) is 19.2. The van der Waals surface area contributed by atoms with Crippen molar-refractivity contribution in [3.8, 4) is 0 Å². The Hall–Kier alpha value is -5.02. The number of aliphatic imine (C=N–C) groups is 2. The highest BCUT2D eigenvalue weighted by Gasteiger charge is 2.07. The van der Waals surface area contributed by atoms with Crippen LogP contribution in [0.2, 0.25) is 0 Å². The first kappa shape index (κ1) is 34.2. The summed E-state index contributed by atoms with van der Waals surface area (Å²) in [5, 5.41) is 4.80. The summed E-state index contributed by atoms with van der Waals surface area (Å²) in [5.74, 6) is 1.10. The van der Waals surface area contributed by atoms with Crippen LogP contribution < -0.4 is 16.2 Å². The van der Waals surface area contributed by atoms with E-state index in [1.807, 2.05) is 39.0 Å². The topological polar surface area (TPSA) is 50.7 Å². The van der Waals surface area contributed by atoms with E-state index in [2.05, 4.69) is 118 Å². The van der Waals surface area contributed by atoms with Gasteiger partial charge < -0.3 is 5.73 Å². The lowest BCUT2D eigenvalue weighted by Crippen LogP contribution is -2.23. The number of amidine groups is 2. The van der Waals surface area contributed by atoms with E-state index in [1.54, 1.807) is 18.2 Å². The largest absolute Gasteiger partial charge is 0.383 e. The van der Waals surface area contributed by atoms with Gasteiger partial charge in [0.2, 0.25) is 0 Å². The van der Waals surface area contributed by atoms with Crippen molar-refractivity contribution >= 4 is 34.6 Å². The zero-order valence-corrected chi connectivity index (χ0v) is 26.1. The molecule has 0 aliphatic heterocycles. The molecule has 4 aromatic carbocycles. The van der Waals surface area contributed by atoms with E-state index >= 15 is 0 Å². The van der Waals surface area contributed by atoms with Crippen molar-refractivity contribution in [1.82, 2.24) is 0 Å². The van der Waals surface area contributed by atoms with Gasteiger partial charge in [-0.25, -0.2) is 4.99 Å². The molecule has 0 heterocycles. The van der Waals surface area contributed by atoms with Crippen LogP contribution in [0.15, 0.2) is 151 Å². The predicted molar refractivity (Wildman–Crippen MR) is 192 cm³/mol. The van der Waals surface area contributed by atoms with E-state index in [1.165, 1.54) is 27.0 Å². The second-order valence-corrected chi connectivity index (χ2v) is 9.78. The molecule has 0 amide bonds. The van der Waals surface area contributed by atoms with Crippen LogP contribution >= 0.6 is 0 Å². The first-order valence-electron chi connectivity index (χ1n) is 14.5. The first-order valence-corrected chi connectivity index (χ1v) is 14.5. The van der Waals surface area contributed by atoms with Crippen molar-refractivity contribution in [2.45, 2.75) is 34.1 Å². The van der Waals surface area contributed by atoms with E-state index in [4.69, 9.17) is 15.7 Å². The van der Waals surface area contributed by atoms with Crippen LogP contribution in [0, 0.1) is 6.92 Å². The molecule has 0 fully saturated rings. The average Bonchev–Trinajstić information content (AvgIpc) is 3.22. The number of aryl methyl sites for hydroxylation is 1. The van der Waals surface area contributed by atoms with Gasteiger partial charge in [-0.1, -0.05) is 121 Å². The Morgan fingerprint density at radius 3 is 1.93 bits per heavy atom. The number of allylic oxidation sites excluding steroid dienone is 4. The van der Waals surface area contributed by atoms with E-state index in [0.717, 1.165) is 22.9 Å². The van der Waals surface area contributed by atoms with Gasteiger partial charge in [-0.05, 0) is 73.0 Å². The molecule has 0 aromatic heterocycles. The highest BCUT2D eigenvalue weighted by atomic mass is 15.0. The molecule has 0 spiro atoms. The molecule has 0 saturated heterocycles. The Balaban J connectivity index is 0.000000641. The molecule has 0 saturated carbocycles. The lowest BCUT2D eigenvalue weighted by molar-refractivity contribution is 1.17. The van der Waals surface area contributed by atoms with Crippen LogP contribution in [0.5, 0.6) is 0 Å². The quantitative estimate of drug-likeness (QED) is 0.150. The maximum absolute atomic E-state index is 6.49. The molecular weight excluding hydrogens is 522 g/mol. The van der Waals surface area contributed by atoms with Crippen molar-refractivity contribution in [2.75, 3.05) is 6.54 Å². The minimum Gasteiger partial charge on any atom is -0.383 e. The Kier molecular flexibility index (Phi) is 15.2. The van der Waals surface area contributed by atoms with Gasteiger partial charge in [-0.3, -0.25) is 4.99 Å². The van der Waals surface area contributed by atoms with Crippen molar-refractivity contribution in [3.05, 3.63) is 168 Å². The van der Waals surface area contributed by atoms with Crippen molar-refractivity contribution in [2.24, 2.45) is 15.7 Å². The molecule has 2 N–H and O–H groups in total. The van der Waals surface area contributed by atoms with Crippen LogP contribution in [0.3, 0.4) is 0 Å². The average molecular weight is 568 g/mol. The summed E-state index contributed by atoms with van der Waals surface area (Å²) < 4.78 is 0. The summed E-state index contributed by atoms with van der Waals surface area (Å²) in [7, 11) is 0. The smallest absolute Gasteiger partial charge is 0.157 e.